The lowest BCUT2D eigenvalue weighted by atomic mass is 9.85. The summed E-state index contributed by atoms with van der Waals surface area (Å²) in [5.41, 5.74) is 0. The summed E-state index contributed by atoms with van der Waals surface area (Å²) < 4.78 is 24.4. The Bertz CT molecular complexity index is 531. The van der Waals surface area contributed by atoms with Gasteiger partial charge in [-0.2, -0.15) is 8.42 Å². The molecule has 3 N–H and O–H groups in total. The number of nitrogens with two attached hydrogens (primary N) is 1. The lowest BCUT2D eigenvalue weighted by Gasteiger charge is -2.33. The van der Waals surface area contributed by atoms with Crippen molar-refractivity contribution in [3.8, 4) is 0 Å². The van der Waals surface area contributed by atoms with Crippen LogP contribution in [-0.4, -0.2) is 38.9 Å². The van der Waals surface area contributed by atoms with E-state index in [-0.39, 0.29) is 11.8 Å². The first-order valence-corrected chi connectivity index (χ1v) is 10.5. The maximum absolute atomic E-state index is 12.7. The molecule has 6 nitrogen and oxygen atoms in total. The van der Waals surface area contributed by atoms with E-state index < -0.39 is 10.2 Å². The van der Waals surface area contributed by atoms with E-state index in [9.17, 15) is 13.2 Å². The van der Waals surface area contributed by atoms with Crippen molar-refractivity contribution in [2.75, 3.05) is 19.6 Å². The number of nitrogens with zero attached hydrogens (tertiary/aromatic N) is 1. The number of rotatable bonds is 5. The summed E-state index contributed by atoms with van der Waals surface area (Å²) in [6, 6.07) is 0. The van der Waals surface area contributed by atoms with Gasteiger partial charge in [0.05, 0.1) is 0 Å². The van der Waals surface area contributed by atoms with Gasteiger partial charge in [0.2, 0.25) is 5.91 Å². The molecule has 1 amide bonds. The lowest BCUT2D eigenvalue weighted by Crippen LogP contribution is -2.45. The third-order valence-corrected chi connectivity index (χ3v) is 6.39. The summed E-state index contributed by atoms with van der Waals surface area (Å²) in [5.74, 6) is 2.11. The quantitative estimate of drug-likeness (QED) is 0.786. The molecule has 132 valence electrons. The molecular weight excluding hydrogens is 314 g/mol. The highest BCUT2D eigenvalue weighted by molar-refractivity contribution is 7.87. The molecule has 0 spiro atoms. The molecule has 0 radical (unpaired) electrons. The van der Waals surface area contributed by atoms with Gasteiger partial charge >= 0.3 is 0 Å². The summed E-state index contributed by atoms with van der Waals surface area (Å²) in [6.45, 7) is 1.81. The highest BCUT2D eigenvalue weighted by atomic mass is 32.2. The molecule has 0 aromatic carbocycles. The van der Waals surface area contributed by atoms with Crippen molar-refractivity contribution in [1.82, 2.24) is 9.62 Å². The molecule has 0 aromatic rings. The summed E-state index contributed by atoms with van der Waals surface area (Å²) in [4.78, 5) is 14.7. The Labute approximate surface area is 139 Å². The average Bonchev–Trinajstić information content (AvgIpc) is 3.33. The van der Waals surface area contributed by atoms with E-state index in [2.05, 4.69) is 4.72 Å². The van der Waals surface area contributed by atoms with Crippen LogP contribution in [0.2, 0.25) is 0 Å². The van der Waals surface area contributed by atoms with Gasteiger partial charge < -0.3 is 4.90 Å². The van der Waals surface area contributed by atoms with E-state index >= 15 is 0 Å². The fraction of sp³-hybridized carbons (Fsp3) is 0.938. The first kappa shape index (κ1) is 17.2. The Morgan fingerprint density at radius 2 is 1.87 bits per heavy atom. The zero-order valence-electron chi connectivity index (χ0n) is 13.7. The second-order valence-corrected chi connectivity index (χ2v) is 8.97. The number of hydrogen-bond acceptors (Lipinski definition) is 3. The van der Waals surface area contributed by atoms with E-state index in [1.807, 2.05) is 4.90 Å². The highest BCUT2D eigenvalue weighted by Gasteiger charge is 2.49. The second kappa shape index (κ2) is 7.07. The minimum atomic E-state index is -3.64. The molecule has 1 aliphatic heterocycles. The summed E-state index contributed by atoms with van der Waals surface area (Å²) >= 11 is 0. The molecule has 3 fully saturated rings. The molecular formula is C16H29N3O3S. The minimum absolute atomic E-state index is 0.179. The van der Waals surface area contributed by atoms with Gasteiger partial charge in [-0.3, -0.25) is 4.79 Å². The Balaban J connectivity index is 1.48. The normalized spacial score (nSPS) is 32.7. The zero-order valence-corrected chi connectivity index (χ0v) is 14.6. The first-order chi connectivity index (χ1) is 10.9. The number of carbonyl (C=O) groups excluding carboxylic acids is 1. The van der Waals surface area contributed by atoms with Gasteiger partial charge in [0, 0.05) is 25.6 Å². The Kier molecular flexibility index (Phi) is 5.28. The van der Waals surface area contributed by atoms with Crippen molar-refractivity contribution in [3.05, 3.63) is 0 Å². The van der Waals surface area contributed by atoms with Crippen LogP contribution in [0, 0.1) is 23.7 Å². The topological polar surface area (TPSA) is 92.5 Å². The lowest BCUT2D eigenvalue weighted by molar-refractivity contribution is -0.134. The minimum Gasteiger partial charge on any atom is -0.342 e. The van der Waals surface area contributed by atoms with E-state index in [0.29, 0.717) is 24.9 Å². The molecule has 2 aliphatic carbocycles. The smallest absolute Gasteiger partial charge is 0.274 e. The van der Waals surface area contributed by atoms with Gasteiger partial charge in [-0.25, -0.2) is 9.86 Å². The third kappa shape index (κ3) is 4.67. The maximum Gasteiger partial charge on any atom is 0.274 e. The molecule has 1 heterocycles. The predicted molar refractivity (Wildman–Crippen MR) is 88.6 cm³/mol. The SMILES string of the molecule is NS(=O)(=O)NC[C@@H]1CCCN(C(=O)[C@@H]2C[C@H]2C2CCCCC2)C1. The predicted octanol–water partition coefficient (Wildman–Crippen LogP) is 1.23. The Hall–Kier alpha value is -0.660. The first-order valence-electron chi connectivity index (χ1n) is 9.00. The van der Waals surface area contributed by atoms with Gasteiger partial charge in [-0.05, 0) is 37.0 Å². The molecule has 7 heteroatoms. The van der Waals surface area contributed by atoms with Crippen molar-refractivity contribution >= 4 is 16.1 Å². The molecule has 0 bridgehead atoms. The standard InChI is InChI=1S/C16H29N3O3S/c17-23(21,22)18-10-12-5-4-8-19(11-12)16(20)15-9-14(15)13-6-2-1-3-7-13/h12-15,18H,1-11H2,(H2,17,21,22)/t12-,14-,15+/m0/s1. The van der Waals surface area contributed by atoms with Crippen molar-refractivity contribution in [2.24, 2.45) is 28.8 Å². The van der Waals surface area contributed by atoms with Crippen LogP contribution in [-0.2, 0) is 15.0 Å². The van der Waals surface area contributed by atoms with Gasteiger partial charge in [0.25, 0.3) is 10.2 Å². The largest absolute Gasteiger partial charge is 0.342 e. The molecule has 0 unspecified atom stereocenters. The van der Waals surface area contributed by atoms with E-state index in [1.165, 1.54) is 32.1 Å². The van der Waals surface area contributed by atoms with Gasteiger partial charge in [0.15, 0.2) is 0 Å². The van der Waals surface area contributed by atoms with Crippen LogP contribution >= 0.6 is 0 Å². The second-order valence-electron chi connectivity index (χ2n) is 7.59. The molecule has 23 heavy (non-hydrogen) atoms. The zero-order chi connectivity index (χ0) is 16.4. The number of amides is 1. The number of carbonyl (C=O) groups is 1. The van der Waals surface area contributed by atoms with Gasteiger partial charge in [-0.15, -0.1) is 0 Å². The molecule has 3 atom stereocenters. The number of piperidine rings is 1. The monoisotopic (exact) mass is 343 g/mol. The summed E-state index contributed by atoms with van der Waals surface area (Å²) in [6.07, 6.45) is 9.57. The van der Waals surface area contributed by atoms with E-state index in [1.54, 1.807) is 0 Å². The van der Waals surface area contributed by atoms with Crippen LogP contribution < -0.4 is 9.86 Å². The van der Waals surface area contributed by atoms with Crippen molar-refractivity contribution in [1.29, 1.82) is 0 Å². The molecule has 2 saturated carbocycles. The van der Waals surface area contributed by atoms with Crippen LogP contribution in [0.15, 0.2) is 0 Å². The van der Waals surface area contributed by atoms with Crippen LogP contribution in [0.3, 0.4) is 0 Å². The van der Waals surface area contributed by atoms with Crippen LogP contribution in [0.25, 0.3) is 0 Å². The van der Waals surface area contributed by atoms with E-state index in [4.69, 9.17) is 5.14 Å². The average molecular weight is 343 g/mol. The number of likely N-dealkylation sites (tertiary alicyclic amines) is 1. The Morgan fingerprint density at radius 1 is 1.13 bits per heavy atom. The number of hydrogen-bond donors (Lipinski definition) is 2. The highest BCUT2D eigenvalue weighted by Crippen LogP contribution is 2.50. The van der Waals surface area contributed by atoms with Crippen LogP contribution in [0.5, 0.6) is 0 Å². The van der Waals surface area contributed by atoms with Crippen molar-refractivity contribution in [2.45, 2.75) is 51.4 Å². The summed E-state index contributed by atoms with van der Waals surface area (Å²) in [5, 5.41) is 4.99. The molecule has 0 aromatic heterocycles. The molecule has 1 saturated heterocycles. The molecule has 3 rings (SSSR count). The van der Waals surface area contributed by atoms with E-state index in [0.717, 1.165) is 31.7 Å². The fourth-order valence-corrected chi connectivity index (χ4v) is 4.95. The fourth-order valence-electron chi connectivity index (χ4n) is 4.48. The van der Waals surface area contributed by atoms with Crippen LogP contribution in [0.1, 0.15) is 51.4 Å². The van der Waals surface area contributed by atoms with Crippen molar-refractivity contribution in [3.63, 3.8) is 0 Å². The Morgan fingerprint density at radius 3 is 2.57 bits per heavy atom. The van der Waals surface area contributed by atoms with Gasteiger partial charge in [-0.1, -0.05) is 32.1 Å². The van der Waals surface area contributed by atoms with Crippen molar-refractivity contribution < 1.29 is 13.2 Å². The third-order valence-electron chi connectivity index (χ3n) is 5.82. The van der Waals surface area contributed by atoms with Crippen LogP contribution in [0.4, 0.5) is 0 Å². The van der Waals surface area contributed by atoms with Gasteiger partial charge in [0.1, 0.15) is 0 Å². The molecule has 3 aliphatic rings. The summed E-state index contributed by atoms with van der Waals surface area (Å²) in [7, 11) is -3.64. The number of nitrogens with one attached hydrogen (secondary N) is 1. The maximum atomic E-state index is 12.7.